The average molecular weight is 324 g/mol. The Morgan fingerprint density at radius 2 is 2.00 bits per heavy atom. The van der Waals surface area contributed by atoms with Gasteiger partial charge in [0.25, 0.3) is 0 Å². The molecule has 2 aliphatic heterocycles. The molecular formula is C17H24O6. The summed E-state index contributed by atoms with van der Waals surface area (Å²) in [5.41, 5.74) is 1.04. The summed E-state index contributed by atoms with van der Waals surface area (Å²) in [7, 11) is 0. The van der Waals surface area contributed by atoms with Crippen LogP contribution in [0.2, 0.25) is 0 Å². The number of hydrogen-bond donors (Lipinski definition) is 2. The normalized spacial score (nSPS) is 34.1. The van der Waals surface area contributed by atoms with Crippen molar-refractivity contribution in [1.29, 1.82) is 0 Å². The number of rotatable bonds is 5. The zero-order valence-electron chi connectivity index (χ0n) is 13.4. The maximum absolute atomic E-state index is 10.0. The third kappa shape index (κ3) is 3.91. The Bertz CT molecular complexity index is 505. The second-order valence-electron chi connectivity index (χ2n) is 6.46. The monoisotopic (exact) mass is 324 g/mol. The van der Waals surface area contributed by atoms with Crippen LogP contribution in [0, 0.1) is 0 Å². The largest absolute Gasteiger partial charge is 0.394 e. The minimum Gasteiger partial charge on any atom is -0.394 e. The van der Waals surface area contributed by atoms with E-state index in [0.29, 0.717) is 13.0 Å². The highest BCUT2D eigenvalue weighted by atomic mass is 16.8. The van der Waals surface area contributed by atoms with Crippen molar-refractivity contribution in [3.63, 3.8) is 0 Å². The Kier molecular flexibility index (Phi) is 5.01. The predicted octanol–water partition coefficient (Wildman–Crippen LogP) is 1.19. The molecule has 2 fully saturated rings. The number of aliphatic hydroxyl groups excluding tert-OH is 2. The highest BCUT2D eigenvalue weighted by molar-refractivity contribution is 5.13. The number of hydrogen-bond acceptors (Lipinski definition) is 6. The van der Waals surface area contributed by atoms with Gasteiger partial charge in [-0.2, -0.15) is 0 Å². The Hall–Kier alpha value is -1.02. The van der Waals surface area contributed by atoms with Gasteiger partial charge < -0.3 is 29.2 Å². The quantitative estimate of drug-likeness (QED) is 0.847. The van der Waals surface area contributed by atoms with Crippen molar-refractivity contribution in [2.24, 2.45) is 0 Å². The maximum atomic E-state index is 10.0. The maximum Gasteiger partial charge on any atom is 0.187 e. The van der Waals surface area contributed by atoms with E-state index >= 15 is 0 Å². The zero-order chi connectivity index (χ0) is 16.4. The van der Waals surface area contributed by atoms with Crippen LogP contribution >= 0.6 is 0 Å². The van der Waals surface area contributed by atoms with E-state index in [-0.39, 0.29) is 12.2 Å². The van der Waals surface area contributed by atoms with Crippen LogP contribution in [0.1, 0.15) is 25.8 Å². The lowest BCUT2D eigenvalue weighted by molar-refractivity contribution is -0.256. The van der Waals surface area contributed by atoms with E-state index in [1.54, 1.807) is 0 Å². The molecule has 0 amide bonds. The molecule has 0 spiro atoms. The first-order chi connectivity index (χ1) is 11.0. The summed E-state index contributed by atoms with van der Waals surface area (Å²) in [5, 5.41) is 19.3. The lowest BCUT2D eigenvalue weighted by Gasteiger charge is -2.38. The average Bonchev–Trinajstić information content (AvgIpc) is 2.85. The smallest absolute Gasteiger partial charge is 0.187 e. The van der Waals surface area contributed by atoms with Crippen molar-refractivity contribution in [2.45, 2.75) is 63.4 Å². The second kappa shape index (κ2) is 6.84. The van der Waals surface area contributed by atoms with Crippen LogP contribution < -0.4 is 0 Å². The molecule has 23 heavy (non-hydrogen) atoms. The number of aliphatic hydroxyl groups is 2. The Morgan fingerprint density at radius 3 is 2.70 bits per heavy atom. The van der Waals surface area contributed by atoms with Gasteiger partial charge >= 0.3 is 0 Å². The molecule has 0 aliphatic carbocycles. The molecule has 2 aliphatic rings. The van der Waals surface area contributed by atoms with Crippen molar-refractivity contribution in [1.82, 2.24) is 0 Å². The van der Waals surface area contributed by atoms with Gasteiger partial charge in [0, 0.05) is 6.42 Å². The summed E-state index contributed by atoms with van der Waals surface area (Å²) in [6, 6.07) is 9.79. The van der Waals surface area contributed by atoms with Crippen LogP contribution in [-0.4, -0.2) is 53.3 Å². The number of ether oxygens (including phenoxy) is 4. The molecule has 6 heteroatoms. The molecule has 1 aromatic rings. The molecule has 2 saturated heterocycles. The lowest BCUT2D eigenvalue weighted by atomic mass is 9.98. The third-order valence-corrected chi connectivity index (χ3v) is 4.13. The van der Waals surface area contributed by atoms with E-state index in [1.807, 2.05) is 44.2 Å². The van der Waals surface area contributed by atoms with Crippen LogP contribution in [0.3, 0.4) is 0 Å². The fourth-order valence-corrected chi connectivity index (χ4v) is 3.07. The second-order valence-corrected chi connectivity index (χ2v) is 6.46. The van der Waals surface area contributed by atoms with E-state index in [4.69, 9.17) is 18.9 Å². The van der Waals surface area contributed by atoms with E-state index in [0.717, 1.165) is 5.56 Å². The zero-order valence-corrected chi connectivity index (χ0v) is 13.4. The Morgan fingerprint density at radius 1 is 1.26 bits per heavy atom. The molecule has 0 saturated carbocycles. The van der Waals surface area contributed by atoms with Crippen molar-refractivity contribution in [3.05, 3.63) is 35.9 Å². The van der Waals surface area contributed by atoms with Crippen molar-refractivity contribution in [3.8, 4) is 0 Å². The molecule has 2 N–H and O–H groups in total. The molecule has 2 heterocycles. The van der Waals surface area contributed by atoms with E-state index in [9.17, 15) is 10.2 Å². The number of benzene rings is 1. The van der Waals surface area contributed by atoms with Gasteiger partial charge in [-0.05, 0) is 19.4 Å². The van der Waals surface area contributed by atoms with Gasteiger partial charge in [-0.25, -0.2) is 0 Å². The fraction of sp³-hybridized carbons (Fsp3) is 0.647. The van der Waals surface area contributed by atoms with E-state index in [2.05, 4.69) is 0 Å². The predicted molar refractivity (Wildman–Crippen MR) is 81.4 cm³/mol. The first kappa shape index (κ1) is 16.8. The molecule has 0 bridgehead atoms. The topological polar surface area (TPSA) is 77.4 Å². The van der Waals surface area contributed by atoms with Gasteiger partial charge in [0.15, 0.2) is 12.1 Å². The molecule has 6 nitrogen and oxygen atoms in total. The molecule has 0 radical (unpaired) electrons. The Labute approximate surface area is 135 Å². The van der Waals surface area contributed by atoms with Gasteiger partial charge in [0.2, 0.25) is 0 Å². The summed E-state index contributed by atoms with van der Waals surface area (Å²) < 4.78 is 23.3. The summed E-state index contributed by atoms with van der Waals surface area (Å²) in [5.74, 6) is -0.724. The van der Waals surface area contributed by atoms with Crippen molar-refractivity contribution >= 4 is 0 Å². The molecule has 3 rings (SSSR count). The van der Waals surface area contributed by atoms with Crippen LogP contribution in [0.15, 0.2) is 30.3 Å². The molecule has 128 valence electrons. The van der Waals surface area contributed by atoms with Gasteiger partial charge in [-0.3, -0.25) is 0 Å². The van der Waals surface area contributed by atoms with Gasteiger partial charge in [-0.15, -0.1) is 0 Å². The first-order valence-corrected chi connectivity index (χ1v) is 7.94. The molecular weight excluding hydrogens is 300 g/mol. The van der Waals surface area contributed by atoms with Gasteiger partial charge in [0.05, 0.1) is 19.3 Å². The summed E-state index contributed by atoms with van der Waals surface area (Å²) in [6.45, 7) is 3.67. The molecule has 1 aromatic carbocycles. The van der Waals surface area contributed by atoms with Gasteiger partial charge in [-0.1, -0.05) is 30.3 Å². The fourth-order valence-electron chi connectivity index (χ4n) is 3.07. The van der Waals surface area contributed by atoms with E-state index < -0.39 is 30.9 Å². The minimum absolute atomic E-state index is 0.243. The lowest BCUT2D eigenvalue weighted by Crippen LogP contribution is -2.52. The van der Waals surface area contributed by atoms with Crippen LogP contribution in [0.5, 0.6) is 0 Å². The molecule has 3 unspecified atom stereocenters. The first-order valence-electron chi connectivity index (χ1n) is 7.94. The van der Waals surface area contributed by atoms with Crippen molar-refractivity contribution in [2.75, 3.05) is 6.61 Å². The third-order valence-electron chi connectivity index (χ3n) is 4.13. The summed E-state index contributed by atoms with van der Waals surface area (Å²) in [6.07, 6.45) is -2.30. The highest BCUT2D eigenvalue weighted by Gasteiger charge is 2.50. The molecule has 5 atom stereocenters. The minimum atomic E-state index is -1.02. The van der Waals surface area contributed by atoms with Crippen LogP contribution in [0.4, 0.5) is 0 Å². The number of fused-ring (bicyclic) bond motifs is 1. The highest BCUT2D eigenvalue weighted by Crippen LogP contribution is 2.37. The SMILES string of the molecule is CC1(C)OC2CC(OCc3ccccc3)[C@@H](C(O)CO)O[C@@H]2O1. The van der Waals surface area contributed by atoms with E-state index in [1.165, 1.54) is 0 Å². The van der Waals surface area contributed by atoms with Gasteiger partial charge in [0.1, 0.15) is 18.3 Å². The van der Waals surface area contributed by atoms with Crippen LogP contribution in [0.25, 0.3) is 0 Å². The van der Waals surface area contributed by atoms with Crippen molar-refractivity contribution < 1.29 is 29.2 Å². The molecule has 0 aromatic heterocycles. The standard InChI is InChI=1S/C17H24O6/c1-17(2)22-14-8-13(20-10-11-6-4-3-5-7-11)15(12(19)9-18)21-16(14)23-17/h3-7,12-16,18-19H,8-10H2,1-2H3/t12?,13?,14?,15-,16-/m1/s1. The summed E-state index contributed by atoms with van der Waals surface area (Å²) >= 11 is 0. The summed E-state index contributed by atoms with van der Waals surface area (Å²) in [4.78, 5) is 0. The Balaban J connectivity index is 1.68. The van der Waals surface area contributed by atoms with Crippen LogP contribution in [-0.2, 0) is 25.6 Å².